The van der Waals surface area contributed by atoms with Crippen LogP contribution in [-0.4, -0.2) is 4.89 Å². The lowest BCUT2D eigenvalue weighted by molar-refractivity contribution is 0.465. The van der Waals surface area contributed by atoms with Crippen LogP contribution < -0.4 is 15.3 Å². The van der Waals surface area contributed by atoms with Crippen LogP contribution in [-0.2, 0) is 4.57 Å². The molecule has 0 saturated carbocycles. The van der Waals surface area contributed by atoms with Crippen molar-refractivity contribution in [3.63, 3.8) is 0 Å². The molecule has 1 N–H and O–H groups in total. The number of hydrogen-bond acceptors (Lipinski definition) is 2. The Balaban J connectivity index is 2.35. The molecule has 1 aliphatic rings. The molecule has 0 radical (unpaired) electrons. The van der Waals surface area contributed by atoms with E-state index in [1.165, 1.54) is 0 Å². The summed E-state index contributed by atoms with van der Waals surface area (Å²) in [7, 11) is -3.69. The van der Waals surface area contributed by atoms with Crippen LogP contribution in [0.2, 0.25) is 5.02 Å². The maximum absolute atomic E-state index is 12.6. The lowest BCUT2D eigenvalue weighted by Crippen LogP contribution is -2.25. The number of benzene rings is 2. The first-order valence-electron chi connectivity index (χ1n) is 5.41. The molecule has 1 aliphatic heterocycles. The van der Waals surface area contributed by atoms with Crippen LogP contribution in [0.5, 0.6) is 11.5 Å². The molecule has 0 aromatic heterocycles. The monoisotopic (exact) mass is 280 g/mol. The van der Waals surface area contributed by atoms with Gasteiger partial charge in [-0.15, -0.1) is 0 Å². The molecule has 0 aliphatic carbocycles. The molecule has 1 heterocycles. The van der Waals surface area contributed by atoms with Gasteiger partial charge in [-0.1, -0.05) is 29.3 Å². The third-order valence-electron chi connectivity index (χ3n) is 2.91. The van der Waals surface area contributed by atoms with Crippen molar-refractivity contribution in [2.75, 3.05) is 0 Å². The highest BCUT2D eigenvalue weighted by molar-refractivity contribution is 7.74. The smallest absolute Gasteiger partial charge is 0.267 e. The fourth-order valence-electron chi connectivity index (χ4n) is 2.06. The van der Waals surface area contributed by atoms with Gasteiger partial charge in [-0.25, -0.2) is 0 Å². The normalized spacial score (nSPS) is 20.8. The number of halogens is 1. The van der Waals surface area contributed by atoms with Gasteiger partial charge in [0, 0.05) is 0 Å². The van der Waals surface area contributed by atoms with E-state index >= 15 is 0 Å². The summed E-state index contributed by atoms with van der Waals surface area (Å²) in [5.74, 6) is 0.769. The SMILES string of the molecule is Cc1ccc2c(c1)P(=O)(O)c1c(Cl)cccc1O2. The van der Waals surface area contributed by atoms with Crippen molar-refractivity contribution in [3.8, 4) is 11.5 Å². The van der Waals surface area contributed by atoms with E-state index in [1.807, 2.05) is 13.0 Å². The average Bonchev–Trinajstić information content (AvgIpc) is 2.30. The van der Waals surface area contributed by atoms with Gasteiger partial charge in [-0.3, -0.25) is 4.57 Å². The van der Waals surface area contributed by atoms with E-state index in [2.05, 4.69) is 0 Å². The van der Waals surface area contributed by atoms with Gasteiger partial charge in [0.1, 0.15) is 16.8 Å². The molecule has 92 valence electrons. The summed E-state index contributed by atoms with van der Waals surface area (Å²) >= 11 is 6.02. The molecule has 18 heavy (non-hydrogen) atoms. The van der Waals surface area contributed by atoms with Crippen LogP contribution in [0.4, 0.5) is 0 Å². The second kappa shape index (κ2) is 3.86. The van der Waals surface area contributed by atoms with E-state index in [0.717, 1.165) is 5.56 Å². The van der Waals surface area contributed by atoms with Crippen molar-refractivity contribution < 1.29 is 14.2 Å². The number of fused-ring (bicyclic) bond motifs is 2. The van der Waals surface area contributed by atoms with Crippen molar-refractivity contribution in [3.05, 3.63) is 47.0 Å². The minimum absolute atomic E-state index is 0.185. The molecule has 1 unspecified atom stereocenters. The second-order valence-electron chi connectivity index (χ2n) is 4.24. The van der Waals surface area contributed by atoms with E-state index < -0.39 is 7.37 Å². The molecule has 0 bridgehead atoms. The molecular formula is C13H10ClO3P. The standard InChI is InChI=1S/C13H10ClO3P/c1-8-5-6-10-12(7-8)18(15,16)13-9(14)3-2-4-11(13)17-10/h2-7H,1H3,(H,15,16). The van der Waals surface area contributed by atoms with E-state index in [4.69, 9.17) is 16.3 Å². The van der Waals surface area contributed by atoms with Gasteiger partial charge in [-0.2, -0.15) is 0 Å². The van der Waals surface area contributed by atoms with Gasteiger partial charge in [0.2, 0.25) is 0 Å². The molecule has 0 spiro atoms. The highest BCUT2D eigenvalue weighted by Gasteiger charge is 2.37. The van der Waals surface area contributed by atoms with Crippen molar-refractivity contribution in [1.82, 2.24) is 0 Å². The Labute approximate surface area is 109 Å². The maximum Gasteiger partial charge on any atom is 0.267 e. The van der Waals surface area contributed by atoms with Crippen molar-refractivity contribution in [2.24, 2.45) is 0 Å². The first-order valence-corrected chi connectivity index (χ1v) is 7.45. The summed E-state index contributed by atoms with van der Waals surface area (Å²) in [6, 6.07) is 10.1. The summed E-state index contributed by atoms with van der Waals surface area (Å²) in [4.78, 5) is 10.4. The zero-order valence-electron chi connectivity index (χ0n) is 9.55. The Hall–Kier alpha value is -1.28. The first kappa shape index (κ1) is 11.8. The quantitative estimate of drug-likeness (QED) is 0.755. The average molecular weight is 281 g/mol. The summed E-state index contributed by atoms with van der Waals surface area (Å²) in [5.41, 5.74) is 0.905. The number of hydrogen-bond donors (Lipinski definition) is 1. The Morgan fingerprint density at radius 1 is 1.22 bits per heavy atom. The Bertz CT molecular complexity index is 697. The molecule has 3 rings (SSSR count). The predicted octanol–water partition coefficient (Wildman–Crippen LogP) is 2.98. The molecule has 1 atom stereocenters. The highest BCUT2D eigenvalue weighted by Crippen LogP contribution is 2.50. The minimum Gasteiger partial charge on any atom is -0.456 e. The Morgan fingerprint density at radius 2 is 2.00 bits per heavy atom. The molecule has 0 fully saturated rings. The Kier molecular flexibility index (Phi) is 2.53. The minimum atomic E-state index is -3.69. The molecule has 3 nitrogen and oxygen atoms in total. The molecule has 5 heteroatoms. The van der Waals surface area contributed by atoms with Crippen molar-refractivity contribution in [1.29, 1.82) is 0 Å². The highest BCUT2D eigenvalue weighted by atomic mass is 35.5. The molecular weight excluding hydrogens is 271 g/mol. The first-order chi connectivity index (χ1) is 8.50. The summed E-state index contributed by atoms with van der Waals surface area (Å²) < 4.78 is 18.3. The van der Waals surface area contributed by atoms with Gasteiger partial charge in [0.15, 0.2) is 0 Å². The summed E-state index contributed by atoms with van der Waals surface area (Å²) in [5, 5.41) is 0.748. The van der Waals surface area contributed by atoms with Crippen LogP contribution in [0.15, 0.2) is 36.4 Å². The molecule has 2 aromatic carbocycles. The maximum atomic E-state index is 12.6. The zero-order chi connectivity index (χ0) is 12.9. The van der Waals surface area contributed by atoms with E-state index in [9.17, 15) is 9.46 Å². The fourth-order valence-corrected chi connectivity index (χ4v) is 4.39. The van der Waals surface area contributed by atoms with Gasteiger partial charge >= 0.3 is 0 Å². The number of ether oxygens (including phenoxy) is 1. The molecule has 0 saturated heterocycles. The molecule has 0 amide bonds. The van der Waals surface area contributed by atoms with Crippen molar-refractivity contribution >= 4 is 29.6 Å². The number of aryl methyl sites for hydroxylation is 1. The van der Waals surface area contributed by atoms with Gasteiger partial charge in [-0.05, 0) is 31.2 Å². The fraction of sp³-hybridized carbons (Fsp3) is 0.0769. The van der Waals surface area contributed by atoms with Crippen LogP contribution in [0.3, 0.4) is 0 Å². The van der Waals surface area contributed by atoms with E-state index in [-0.39, 0.29) is 10.3 Å². The summed E-state index contributed by atoms with van der Waals surface area (Å²) in [6.07, 6.45) is 0. The third kappa shape index (κ3) is 1.59. The van der Waals surface area contributed by atoms with Crippen LogP contribution >= 0.6 is 19.0 Å². The van der Waals surface area contributed by atoms with Gasteiger partial charge in [0.05, 0.1) is 10.3 Å². The second-order valence-corrected chi connectivity index (χ2v) is 6.72. The Morgan fingerprint density at radius 3 is 2.78 bits per heavy atom. The number of rotatable bonds is 0. The van der Waals surface area contributed by atoms with E-state index in [0.29, 0.717) is 16.8 Å². The molecule has 2 aromatic rings. The lowest BCUT2D eigenvalue weighted by Gasteiger charge is -2.25. The topological polar surface area (TPSA) is 46.5 Å². The largest absolute Gasteiger partial charge is 0.456 e. The van der Waals surface area contributed by atoms with Crippen molar-refractivity contribution in [2.45, 2.75) is 6.92 Å². The lowest BCUT2D eigenvalue weighted by atomic mass is 10.2. The van der Waals surface area contributed by atoms with Crippen LogP contribution in [0.1, 0.15) is 5.56 Å². The van der Waals surface area contributed by atoms with Crippen LogP contribution in [0.25, 0.3) is 0 Å². The third-order valence-corrected chi connectivity index (χ3v) is 5.43. The zero-order valence-corrected chi connectivity index (χ0v) is 11.2. The van der Waals surface area contributed by atoms with Gasteiger partial charge in [0.25, 0.3) is 7.37 Å². The predicted molar refractivity (Wildman–Crippen MR) is 71.8 cm³/mol. The van der Waals surface area contributed by atoms with Crippen LogP contribution in [0, 0.1) is 6.92 Å². The summed E-state index contributed by atoms with van der Waals surface area (Å²) in [6.45, 7) is 1.86. The van der Waals surface area contributed by atoms with E-state index in [1.54, 1.807) is 30.3 Å². The van der Waals surface area contributed by atoms with Gasteiger partial charge < -0.3 is 9.63 Å².